The summed E-state index contributed by atoms with van der Waals surface area (Å²) in [6.45, 7) is 2.96. The van der Waals surface area contributed by atoms with Crippen LogP contribution >= 0.6 is 15.9 Å². The molecule has 2 heterocycles. The number of aromatic nitrogens is 1. The van der Waals surface area contributed by atoms with Gasteiger partial charge in [0.1, 0.15) is 0 Å². The maximum Gasteiger partial charge on any atom is 0.416 e. The van der Waals surface area contributed by atoms with Crippen molar-refractivity contribution in [1.82, 2.24) is 15.2 Å². The van der Waals surface area contributed by atoms with Gasteiger partial charge >= 0.3 is 6.09 Å². The molecule has 1 amide bonds. The Hall–Kier alpha value is -1.14. The summed E-state index contributed by atoms with van der Waals surface area (Å²) in [7, 11) is 0. The van der Waals surface area contributed by atoms with E-state index < -0.39 is 0 Å². The van der Waals surface area contributed by atoms with Gasteiger partial charge in [-0.05, 0) is 6.07 Å². The predicted octanol–water partition coefficient (Wildman–Crippen LogP) is 1.25. The number of nitrogens with one attached hydrogen (secondary N) is 1. The third kappa shape index (κ3) is 2.93. The highest BCUT2D eigenvalue weighted by atomic mass is 79.9. The monoisotopic (exact) mass is 285 g/mol. The van der Waals surface area contributed by atoms with E-state index in [1.807, 2.05) is 0 Å². The lowest BCUT2D eigenvalue weighted by molar-refractivity contribution is 0.144. The summed E-state index contributed by atoms with van der Waals surface area (Å²) in [6.07, 6.45) is 1.25. The quantitative estimate of drug-likeness (QED) is 0.844. The van der Waals surface area contributed by atoms with E-state index in [0.29, 0.717) is 19.0 Å². The average molecular weight is 286 g/mol. The number of ether oxygens (including phenoxy) is 1. The summed E-state index contributed by atoms with van der Waals surface area (Å²) in [5, 5.41) is 3.17. The first-order valence-electron chi connectivity index (χ1n) is 5.05. The predicted molar refractivity (Wildman–Crippen MR) is 62.4 cm³/mol. The fourth-order valence-electron chi connectivity index (χ4n) is 1.44. The molecule has 0 saturated carbocycles. The second kappa shape index (κ2) is 5.27. The molecule has 1 aromatic heterocycles. The van der Waals surface area contributed by atoms with Gasteiger partial charge in [0.25, 0.3) is 0 Å². The van der Waals surface area contributed by atoms with Crippen LogP contribution in [0.5, 0.6) is 5.88 Å². The van der Waals surface area contributed by atoms with Gasteiger partial charge in [-0.15, -0.1) is 0 Å². The number of carbonyl (C=O) groups excluding carboxylic acids is 1. The van der Waals surface area contributed by atoms with Crippen molar-refractivity contribution in [2.24, 2.45) is 0 Å². The second-order valence-corrected chi connectivity index (χ2v) is 4.33. The second-order valence-electron chi connectivity index (χ2n) is 3.42. The molecule has 1 saturated heterocycles. The molecule has 0 aliphatic carbocycles. The number of rotatable bonds is 1. The molecule has 0 bridgehead atoms. The highest BCUT2D eigenvalue weighted by Gasteiger charge is 2.18. The van der Waals surface area contributed by atoms with Gasteiger partial charge in [-0.2, -0.15) is 0 Å². The van der Waals surface area contributed by atoms with Crippen molar-refractivity contribution in [3.8, 4) is 5.88 Å². The molecular formula is C10H12BrN3O2. The first-order valence-corrected chi connectivity index (χ1v) is 5.84. The fourth-order valence-corrected chi connectivity index (χ4v) is 1.76. The maximum absolute atomic E-state index is 11.7. The molecule has 1 aromatic rings. The van der Waals surface area contributed by atoms with Crippen LogP contribution in [-0.4, -0.2) is 42.2 Å². The van der Waals surface area contributed by atoms with Crippen molar-refractivity contribution in [1.29, 1.82) is 0 Å². The Kier molecular flexibility index (Phi) is 3.74. The van der Waals surface area contributed by atoms with Crippen molar-refractivity contribution in [3.05, 3.63) is 22.8 Å². The Morgan fingerprint density at radius 3 is 2.94 bits per heavy atom. The summed E-state index contributed by atoms with van der Waals surface area (Å²) < 4.78 is 5.99. The number of piperazine rings is 1. The highest BCUT2D eigenvalue weighted by molar-refractivity contribution is 9.10. The van der Waals surface area contributed by atoms with Gasteiger partial charge in [0.05, 0.1) is 0 Å². The van der Waals surface area contributed by atoms with E-state index in [1.165, 1.54) is 0 Å². The van der Waals surface area contributed by atoms with E-state index in [0.717, 1.165) is 17.6 Å². The number of carbonyl (C=O) groups is 1. The van der Waals surface area contributed by atoms with E-state index in [2.05, 4.69) is 26.2 Å². The van der Waals surface area contributed by atoms with Crippen LogP contribution in [0.3, 0.4) is 0 Å². The lowest BCUT2D eigenvalue weighted by atomic mass is 10.4. The molecule has 1 fully saturated rings. The molecular weight excluding hydrogens is 274 g/mol. The van der Waals surface area contributed by atoms with Crippen LogP contribution < -0.4 is 10.1 Å². The molecule has 6 heteroatoms. The summed E-state index contributed by atoms with van der Waals surface area (Å²) in [4.78, 5) is 17.3. The van der Waals surface area contributed by atoms with Crippen LogP contribution in [0.4, 0.5) is 4.79 Å². The summed E-state index contributed by atoms with van der Waals surface area (Å²) in [5.41, 5.74) is 0. The zero-order chi connectivity index (χ0) is 11.4. The molecule has 0 unspecified atom stereocenters. The van der Waals surface area contributed by atoms with Gasteiger partial charge in [-0.25, -0.2) is 9.78 Å². The molecule has 1 N–H and O–H groups in total. The van der Waals surface area contributed by atoms with Gasteiger partial charge in [0, 0.05) is 42.9 Å². The normalized spacial score (nSPS) is 15.9. The van der Waals surface area contributed by atoms with Gasteiger partial charge < -0.3 is 15.0 Å². The number of halogens is 1. The SMILES string of the molecule is O=C(Oc1cc(Br)ccn1)N1CCNCC1. The molecule has 0 radical (unpaired) electrons. The molecule has 1 aliphatic heterocycles. The van der Waals surface area contributed by atoms with Crippen molar-refractivity contribution in [3.63, 3.8) is 0 Å². The minimum Gasteiger partial charge on any atom is -0.391 e. The van der Waals surface area contributed by atoms with E-state index in [9.17, 15) is 4.79 Å². The summed E-state index contributed by atoms with van der Waals surface area (Å²) in [6, 6.07) is 3.45. The molecule has 0 spiro atoms. The number of nitrogens with zero attached hydrogens (tertiary/aromatic N) is 2. The molecule has 0 atom stereocenters. The first kappa shape index (κ1) is 11.3. The van der Waals surface area contributed by atoms with Crippen molar-refractivity contribution in [2.45, 2.75) is 0 Å². The standard InChI is InChI=1S/C10H12BrN3O2/c11-8-1-2-13-9(7-8)16-10(15)14-5-3-12-4-6-14/h1-2,7,12H,3-6H2. The Morgan fingerprint density at radius 1 is 1.50 bits per heavy atom. The number of hydrogen-bond acceptors (Lipinski definition) is 4. The Labute approximate surface area is 102 Å². The molecule has 2 rings (SSSR count). The van der Waals surface area contributed by atoms with Gasteiger partial charge in [-0.1, -0.05) is 15.9 Å². The largest absolute Gasteiger partial charge is 0.416 e. The van der Waals surface area contributed by atoms with Crippen molar-refractivity contribution in [2.75, 3.05) is 26.2 Å². The van der Waals surface area contributed by atoms with E-state index >= 15 is 0 Å². The maximum atomic E-state index is 11.7. The van der Waals surface area contributed by atoms with Crippen LogP contribution in [0.1, 0.15) is 0 Å². The van der Waals surface area contributed by atoms with Crippen LogP contribution in [0, 0.1) is 0 Å². The number of amides is 1. The molecule has 0 aromatic carbocycles. The van der Waals surface area contributed by atoms with E-state index in [-0.39, 0.29) is 6.09 Å². The number of hydrogen-bond donors (Lipinski definition) is 1. The minimum absolute atomic E-state index is 0.318. The molecule has 1 aliphatic rings. The third-order valence-electron chi connectivity index (χ3n) is 2.26. The first-order chi connectivity index (χ1) is 7.75. The zero-order valence-corrected chi connectivity index (χ0v) is 10.2. The van der Waals surface area contributed by atoms with Crippen LogP contribution in [0.25, 0.3) is 0 Å². The Morgan fingerprint density at radius 2 is 2.25 bits per heavy atom. The summed E-state index contributed by atoms with van der Waals surface area (Å²) >= 11 is 3.29. The molecule has 86 valence electrons. The van der Waals surface area contributed by atoms with Gasteiger partial charge in [0.2, 0.25) is 5.88 Å². The van der Waals surface area contributed by atoms with Gasteiger partial charge in [0.15, 0.2) is 0 Å². The fraction of sp³-hybridized carbons (Fsp3) is 0.400. The van der Waals surface area contributed by atoms with Crippen molar-refractivity contribution < 1.29 is 9.53 Å². The zero-order valence-electron chi connectivity index (χ0n) is 8.65. The topological polar surface area (TPSA) is 54.5 Å². The highest BCUT2D eigenvalue weighted by Crippen LogP contribution is 2.15. The number of pyridine rings is 1. The summed E-state index contributed by atoms with van der Waals surface area (Å²) in [5.74, 6) is 0.318. The molecule has 16 heavy (non-hydrogen) atoms. The lowest BCUT2D eigenvalue weighted by Crippen LogP contribution is -2.47. The molecule has 5 nitrogen and oxygen atoms in total. The van der Waals surface area contributed by atoms with E-state index in [4.69, 9.17) is 4.74 Å². The lowest BCUT2D eigenvalue weighted by Gasteiger charge is -2.26. The van der Waals surface area contributed by atoms with Gasteiger partial charge in [-0.3, -0.25) is 0 Å². The Bertz CT molecular complexity index is 380. The third-order valence-corrected chi connectivity index (χ3v) is 2.76. The van der Waals surface area contributed by atoms with Crippen LogP contribution in [-0.2, 0) is 0 Å². The Balaban J connectivity index is 1.96. The van der Waals surface area contributed by atoms with Crippen molar-refractivity contribution >= 4 is 22.0 Å². The van der Waals surface area contributed by atoms with Crippen LogP contribution in [0.15, 0.2) is 22.8 Å². The average Bonchev–Trinajstić information content (AvgIpc) is 2.30. The smallest absolute Gasteiger partial charge is 0.391 e. The van der Waals surface area contributed by atoms with E-state index in [1.54, 1.807) is 23.2 Å². The van der Waals surface area contributed by atoms with Crippen LogP contribution in [0.2, 0.25) is 0 Å². The minimum atomic E-state index is -0.341.